The summed E-state index contributed by atoms with van der Waals surface area (Å²) in [6, 6.07) is 6.10. The van der Waals surface area contributed by atoms with Crippen LogP contribution in [0.1, 0.15) is 32.0 Å². The Hall–Kier alpha value is -2.10. The molecule has 0 aliphatic carbocycles. The summed E-state index contributed by atoms with van der Waals surface area (Å²) in [4.78, 5) is 29.3. The first-order chi connectivity index (χ1) is 14.4. The zero-order valence-electron chi connectivity index (χ0n) is 17.4. The molecule has 31 heavy (non-hydrogen) atoms. The Kier molecular flexibility index (Phi) is 8.50. The molecule has 0 saturated heterocycles. The monoisotopic (exact) mass is 533 g/mol. The summed E-state index contributed by atoms with van der Waals surface area (Å²) in [6.45, 7) is 5.41. The lowest BCUT2D eigenvalue weighted by Gasteiger charge is -2.28. The third-order valence-electron chi connectivity index (χ3n) is 4.09. The van der Waals surface area contributed by atoms with Gasteiger partial charge in [0, 0.05) is 35.1 Å². The van der Waals surface area contributed by atoms with E-state index in [0.717, 1.165) is 0 Å². The number of amides is 1. The fourth-order valence-corrected chi connectivity index (χ4v) is 3.62. The zero-order chi connectivity index (χ0) is 23.3. The van der Waals surface area contributed by atoms with Crippen LogP contribution in [0.2, 0.25) is 10.0 Å². The maximum atomic E-state index is 12.9. The Morgan fingerprint density at radius 2 is 1.94 bits per heavy atom. The Labute approximate surface area is 198 Å². The Bertz CT molecular complexity index is 982. The first-order valence-corrected chi connectivity index (χ1v) is 10.8. The average Bonchev–Trinajstić information content (AvgIpc) is 2.68. The maximum Gasteiger partial charge on any atom is 0.410 e. The molecule has 8 nitrogen and oxygen atoms in total. The van der Waals surface area contributed by atoms with Crippen molar-refractivity contribution in [2.75, 3.05) is 13.7 Å². The lowest BCUT2D eigenvalue weighted by atomic mass is 10.1. The average molecular weight is 535 g/mol. The van der Waals surface area contributed by atoms with E-state index in [1.807, 2.05) is 0 Å². The van der Waals surface area contributed by atoms with E-state index in [1.165, 1.54) is 24.1 Å². The van der Waals surface area contributed by atoms with E-state index in [9.17, 15) is 14.9 Å². The van der Waals surface area contributed by atoms with Gasteiger partial charge >= 0.3 is 6.09 Å². The molecule has 0 bridgehead atoms. The molecule has 0 radical (unpaired) electrons. The van der Waals surface area contributed by atoms with Gasteiger partial charge in [0.2, 0.25) is 5.88 Å². The number of hydrogen-bond acceptors (Lipinski definition) is 6. The van der Waals surface area contributed by atoms with Gasteiger partial charge in [0.05, 0.1) is 28.6 Å². The van der Waals surface area contributed by atoms with Crippen molar-refractivity contribution in [1.29, 1.82) is 0 Å². The van der Waals surface area contributed by atoms with E-state index in [4.69, 9.17) is 32.7 Å². The summed E-state index contributed by atoms with van der Waals surface area (Å²) in [6.07, 6.45) is -0.497. The summed E-state index contributed by atoms with van der Waals surface area (Å²) in [7, 11) is 1.42. The normalized spacial score (nSPS) is 11.2. The minimum absolute atomic E-state index is 0.0760. The van der Waals surface area contributed by atoms with Crippen LogP contribution < -0.4 is 4.74 Å². The topological polar surface area (TPSA) is 94.8 Å². The first kappa shape index (κ1) is 25.2. The summed E-state index contributed by atoms with van der Waals surface area (Å²) in [5.74, 6) is 0.241. The van der Waals surface area contributed by atoms with Crippen LogP contribution >= 0.6 is 39.1 Å². The zero-order valence-corrected chi connectivity index (χ0v) is 20.5. The van der Waals surface area contributed by atoms with Crippen LogP contribution in [0, 0.1) is 10.1 Å². The van der Waals surface area contributed by atoms with Crippen LogP contribution in [-0.4, -0.2) is 40.2 Å². The number of aromatic nitrogens is 1. The third-order valence-corrected chi connectivity index (χ3v) is 5.67. The predicted molar refractivity (Wildman–Crippen MR) is 122 cm³/mol. The standard InChI is InChI=1S/C20H22BrCl2N3O5/c1-20(2,3)31-19(27)25(11-12-13(21)5-6-14(22)18(12)23)10-9-15-16(26(28)29)7-8-17(24-15)30-4/h5-8H,9-11H2,1-4H3. The largest absolute Gasteiger partial charge is 0.481 e. The van der Waals surface area contributed by atoms with Crippen LogP contribution in [-0.2, 0) is 17.7 Å². The number of methoxy groups -OCH3 is 1. The van der Waals surface area contributed by atoms with Gasteiger partial charge in [-0.2, -0.15) is 0 Å². The molecule has 0 saturated carbocycles. The molecule has 0 spiro atoms. The first-order valence-electron chi connectivity index (χ1n) is 9.21. The fraction of sp³-hybridized carbons (Fsp3) is 0.400. The highest BCUT2D eigenvalue weighted by molar-refractivity contribution is 9.10. The lowest BCUT2D eigenvalue weighted by molar-refractivity contribution is -0.386. The molecule has 1 aromatic heterocycles. The number of hydrogen-bond donors (Lipinski definition) is 0. The molecule has 0 aliphatic rings. The summed E-state index contributed by atoms with van der Waals surface area (Å²) < 4.78 is 11.2. The lowest BCUT2D eigenvalue weighted by Crippen LogP contribution is -2.38. The number of carbonyl (C=O) groups excluding carboxylic acids is 1. The molecule has 0 fully saturated rings. The van der Waals surface area contributed by atoms with Crippen LogP contribution in [0.5, 0.6) is 5.88 Å². The minimum atomic E-state index is -0.731. The highest BCUT2D eigenvalue weighted by Crippen LogP contribution is 2.33. The second-order valence-electron chi connectivity index (χ2n) is 7.55. The Morgan fingerprint density at radius 3 is 2.52 bits per heavy atom. The molecule has 11 heteroatoms. The van der Waals surface area contributed by atoms with Crippen molar-refractivity contribution in [3.63, 3.8) is 0 Å². The van der Waals surface area contributed by atoms with E-state index >= 15 is 0 Å². The smallest absolute Gasteiger partial charge is 0.410 e. The number of nitro groups is 1. The van der Waals surface area contributed by atoms with Gasteiger partial charge in [-0.15, -0.1) is 0 Å². The van der Waals surface area contributed by atoms with Crippen molar-refractivity contribution in [2.24, 2.45) is 0 Å². The van der Waals surface area contributed by atoms with Crippen LogP contribution in [0.4, 0.5) is 10.5 Å². The number of carbonyl (C=O) groups is 1. The Morgan fingerprint density at radius 1 is 1.26 bits per heavy atom. The van der Waals surface area contributed by atoms with E-state index in [0.29, 0.717) is 20.1 Å². The van der Waals surface area contributed by atoms with Crippen LogP contribution in [0.3, 0.4) is 0 Å². The van der Waals surface area contributed by atoms with E-state index in [-0.39, 0.29) is 36.8 Å². The van der Waals surface area contributed by atoms with E-state index < -0.39 is 16.6 Å². The molecule has 1 amide bonds. The minimum Gasteiger partial charge on any atom is -0.481 e. The van der Waals surface area contributed by atoms with Crippen molar-refractivity contribution in [3.8, 4) is 5.88 Å². The van der Waals surface area contributed by atoms with Gasteiger partial charge in [0.25, 0.3) is 5.69 Å². The molecule has 0 aliphatic heterocycles. The highest BCUT2D eigenvalue weighted by Gasteiger charge is 2.26. The number of pyridine rings is 1. The molecular formula is C20H22BrCl2N3O5. The second-order valence-corrected chi connectivity index (χ2v) is 9.19. The van der Waals surface area contributed by atoms with Gasteiger partial charge in [0.15, 0.2) is 0 Å². The molecule has 0 atom stereocenters. The maximum absolute atomic E-state index is 12.9. The quantitative estimate of drug-likeness (QED) is 0.244. The van der Waals surface area contributed by atoms with Crippen molar-refractivity contribution in [3.05, 3.63) is 60.2 Å². The van der Waals surface area contributed by atoms with Gasteiger partial charge < -0.3 is 14.4 Å². The molecule has 0 unspecified atom stereocenters. The third kappa shape index (κ3) is 6.95. The van der Waals surface area contributed by atoms with Gasteiger partial charge in [-0.1, -0.05) is 39.1 Å². The van der Waals surface area contributed by atoms with Crippen molar-refractivity contribution in [2.45, 2.75) is 39.3 Å². The van der Waals surface area contributed by atoms with Crippen molar-refractivity contribution in [1.82, 2.24) is 9.88 Å². The SMILES string of the molecule is COc1ccc([N+](=O)[O-])c(CCN(Cc2c(Br)ccc(Cl)c2Cl)C(=O)OC(C)(C)C)n1. The summed E-state index contributed by atoms with van der Waals surface area (Å²) in [5.41, 5.74) is -0.112. The second kappa shape index (κ2) is 10.5. The highest BCUT2D eigenvalue weighted by atomic mass is 79.9. The van der Waals surface area contributed by atoms with Crippen molar-refractivity contribution < 1.29 is 19.2 Å². The molecule has 2 rings (SSSR count). The van der Waals surface area contributed by atoms with Gasteiger partial charge in [-0.25, -0.2) is 9.78 Å². The molecule has 1 heterocycles. The molecule has 1 aromatic carbocycles. The molecule has 2 aromatic rings. The van der Waals surface area contributed by atoms with Crippen molar-refractivity contribution >= 4 is 50.9 Å². The molecule has 0 N–H and O–H groups in total. The van der Waals surface area contributed by atoms with Gasteiger partial charge in [-0.05, 0) is 32.9 Å². The number of rotatable bonds is 7. The number of nitrogens with zero attached hydrogens (tertiary/aromatic N) is 3. The van der Waals surface area contributed by atoms with Gasteiger partial charge in [0.1, 0.15) is 11.3 Å². The number of benzene rings is 1. The summed E-state index contributed by atoms with van der Waals surface area (Å²) in [5, 5.41) is 12.0. The summed E-state index contributed by atoms with van der Waals surface area (Å²) >= 11 is 15.9. The molecular weight excluding hydrogens is 513 g/mol. The fourth-order valence-electron chi connectivity index (χ4n) is 2.64. The van der Waals surface area contributed by atoms with Crippen LogP contribution in [0.25, 0.3) is 0 Å². The molecule has 168 valence electrons. The van der Waals surface area contributed by atoms with E-state index in [2.05, 4.69) is 20.9 Å². The van der Waals surface area contributed by atoms with E-state index in [1.54, 1.807) is 32.9 Å². The number of halogens is 3. The predicted octanol–water partition coefficient (Wildman–Crippen LogP) is 6.05. The van der Waals surface area contributed by atoms with Gasteiger partial charge in [-0.3, -0.25) is 10.1 Å². The number of ether oxygens (including phenoxy) is 2. The van der Waals surface area contributed by atoms with Crippen LogP contribution in [0.15, 0.2) is 28.7 Å². The Balaban J connectivity index is 2.36.